The Kier molecular flexibility index (Phi) is 1.98. The van der Waals surface area contributed by atoms with E-state index in [-0.39, 0.29) is 0 Å². The van der Waals surface area contributed by atoms with Crippen molar-refractivity contribution in [1.82, 2.24) is 0 Å². The van der Waals surface area contributed by atoms with E-state index in [4.69, 9.17) is 0 Å². The highest BCUT2D eigenvalue weighted by Gasteiger charge is 2.48. The van der Waals surface area contributed by atoms with Crippen molar-refractivity contribution in [3.63, 3.8) is 0 Å². The van der Waals surface area contributed by atoms with E-state index >= 15 is 0 Å². The normalized spacial score (nSPS) is 46.3. The molecule has 0 nitrogen and oxygen atoms in total. The van der Waals surface area contributed by atoms with Crippen LogP contribution in [0, 0.1) is 29.1 Å². The lowest BCUT2D eigenvalue weighted by Crippen LogP contribution is -2.28. The van der Waals surface area contributed by atoms with Crippen LogP contribution in [0.2, 0.25) is 0 Å². The Morgan fingerprint density at radius 2 is 1.71 bits per heavy atom. The molecule has 0 radical (unpaired) electrons. The highest BCUT2D eigenvalue weighted by atomic mass is 14.5. The van der Waals surface area contributed by atoms with Crippen molar-refractivity contribution in [3.8, 4) is 0 Å². The Bertz CT molecular complexity index is 222. The van der Waals surface area contributed by atoms with E-state index in [9.17, 15) is 0 Å². The van der Waals surface area contributed by atoms with Gasteiger partial charge in [0.05, 0.1) is 0 Å². The molecule has 3 aliphatic rings. The van der Waals surface area contributed by atoms with Crippen LogP contribution in [-0.2, 0) is 0 Å². The van der Waals surface area contributed by atoms with Crippen molar-refractivity contribution in [1.29, 1.82) is 0 Å². The molecule has 0 heteroatoms. The molecular weight excluding hydrogens is 168 g/mol. The molecular formula is C14H24. The summed E-state index contributed by atoms with van der Waals surface area (Å²) in [6.07, 6.45) is 10.8. The molecule has 14 heavy (non-hydrogen) atoms. The first-order valence-corrected chi connectivity index (χ1v) is 6.69. The molecule has 3 saturated carbocycles. The summed E-state index contributed by atoms with van der Waals surface area (Å²) in [6, 6.07) is 0. The second-order valence-electron chi connectivity index (χ2n) is 6.64. The van der Waals surface area contributed by atoms with Gasteiger partial charge in [0.25, 0.3) is 0 Å². The van der Waals surface area contributed by atoms with Gasteiger partial charge in [-0.05, 0) is 74.0 Å². The molecule has 0 heterocycles. The number of hydrogen-bond acceptors (Lipinski definition) is 0. The summed E-state index contributed by atoms with van der Waals surface area (Å²) in [6.45, 7) is 5.06. The van der Waals surface area contributed by atoms with Crippen molar-refractivity contribution in [2.75, 3.05) is 0 Å². The van der Waals surface area contributed by atoms with Crippen molar-refractivity contribution in [2.45, 2.75) is 58.8 Å². The van der Waals surface area contributed by atoms with Crippen LogP contribution in [0.1, 0.15) is 58.8 Å². The fraction of sp³-hybridized carbons (Fsp3) is 1.00. The molecule has 3 aliphatic carbocycles. The minimum absolute atomic E-state index is 0.794. The quantitative estimate of drug-likeness (QED) is 0.613. The molecule has 3 unspecified atom stereocenters. The number of rotatable bonds is 2. The fourth-order valence-corrected chi connectivity index (χ4v) is 3.88. The lowest BCUT2D eigenvalue weighted by atomic mass is 9.68. The maximum atomic E-state index is 2.53. The topological polar surface area (TPSA) is 0 Å². The highest BCUT2D eigenvalue weighted by Crippen LogP contribution is 2.59. The van der Waals surface area contributed by atoms with Crippen molar-refractivity contribution >= 4 is 0 Å². The van der Waals surface area contributed by atoms with Crippen LogP contribution >= 0.6 is 0 Å². The standard InChI is InChI=1S/C14H24/c1-10-9-12(14(2)7-8-14)5-6-13(10)11-3-4-11/h10-13H,3-9H2,1-2H3. The molecule has 0 aliphatic heterocycles. The SMILES string of the molecule is CC1CC(C2(C)CC2)CCC1C1CC1. The summed E-state index contributed by atoms with van der Waals surface area (Å²) < 4.78 is 0. The van der Waals surface area contributed by atoms with E-state index in [0.29, 0.717) is 0 Å². The Morgan fingerprint density at radius 3 is 2.21 bits per heavy atom. The Labute approximate surface area is 88.5 Å². The molecule has 0 aromatic rings. The Morgan fingerprint density at radius 1 is 1.00 bits per heavy atom. The van der Waals surface area contributed by atoms with Gasteiger partial charge in [-0.15, -0.1) is 0 Å². The van der Waals surface area contributed by atoms with Crippen LogP contribution in [0.15, 0.2) is 0 Å². The average Bonchev–Trinajstić information content (AvgIpc) is 2.99. The monoisotopic (exact) mass is 192 g/mol. The summed E-state index contributed by atoms with van der Waals surface area (Å²) >= 11 is 0. The average molecular weight is 192 g/mol. The van der Waals surface area contributed by atoms with Gasteiger partial charge in [0.15, 0.2) is 0 Å². The maximum absolute atomic E-state index is 2.53. The van der Waals surface area contributed by atoms with Gasteiger partial charge in [-0.25, -0.2) is 0 Å². The third-order valence-corrected chi connectivity index (χ3v) is 5.49. The molecule has 0 spiro atoms. The van der Waals surface area contributed by atoms with Crippen molar-refractivity contribution in [3.05, 3.63) is 0 Å². The molecule has 0 aromatic heterocycles. The second kappa shape index (κ2) is 3.00. The van der Waals surface area contributed by atoms with Crippen LogP contribution in [0.25, 0.3) is 0 Å². The molecule has 0 amide bonds. The van der Waals surface area contributed by atoms with Gasteiger partial charge >= 0.3 is 0 Å². The lowest BCUT2D eigenvalue weighted by Gasteiger charge is -2.37. The second-order valence-corrected chi connectivity index (χ2v) is 6.64. The first-order chi connectivity index (χ1) is 6.69. The fourth-order valence-electron chi connectivity index (χ4n) is 3.88. The molecule has 80 valence electrons. The van der Waals surface area contributed by atoms with Crippen LogP contribution in [0.4, 0.5) is 0 Å². The van der Waals surface area contributed by atoms with E-state index < -0.39 is 0 Å². The zero-order valence-electron chi connectivity index (χ0n) is 9.76. The summed E-state index contributed by atoms with van der Waals surface area (Å²) in [5, 5.41) is 0. The van der Waals surface area contributed by atoms with Gasteiger partial charge in [0.1, 0.15) is 0 Å². The molecule has 0 saturated heterocycles. The zero-order chi connectivity index (χ0) is 9.76. The summed E-state index contributed by atoms with van der Waals surface area (Å²) in [5.41, 5.74) is 0.794. The summed E-state index contributed by atoms with van der Waals surface area (Å²) in [4.78, 5) is 0. The first-order valence-electron chi connectivity index (χ1n) is 6.69. The van der Waals surface area contributed by atoms with E-state index in [1.54, 1.807) is 32.1 Å². The van der Waals surface area contributed by atoms with Crippen LogP contribution in [-0.4, -0.2) is 0 Å². The van der Waals surface area contributed by atoms with E-state index in [1.165, 1.54) is 12.8 Å². The van der Waals surface area contributed by atoms with Gasteiger partial charge in [0, 0.05) is 0 Å². The minimum Gasteiger partial charge on any atom is -0.0622 e. The largest absolute Gasteiger partial charge is 0.0622 e. The van der Waals surface area contributed by atoms with Gasteiger partial charge in [-0.3, -0.25) is 0 Å². The zero-order valence-corrected chi connectivity index (χ0v) is 9.76. The lowest BCUT2D eigenvalue weighted by molar-refractivity contribution is 0.128. The third kappa shape index (κ3) is 1.51. The molecule has 3 fully saturated rings. The van der Waals surface area contributed by atoms with Gasteiger partial charge in [-0.1, -0.05) is 13.8 Å². The summed E-state index contributed by atoms with van der Waals surface area (Å²) in [5.74, 6) is 4.40. The van der Waals surface area contributed by atoms with Gasteiger partial charge in [0.2, 0.25) is 0 Å². The Hall–Kier alpha value is 0. The highest BCUT2D eigenvalue weighted by molar-refractivity contribution is 4.99. The van der Waals surface area contributed by atoms with Gasteiger partial charge < -0.3 is 0 Å². The number of hydrogen-bond donors (Lipinski definition) is 0. The van der Waals surface area contributed by atoms with Crippen molar-refractivity contribution < 1.29 is 0 Å². The van der Waals surface area contributed by atoms with E-state index in [1.807, 2.05) is 0 Å². The predicted molar refractivity (Wildman–Crippen MR) is 60.1 cm³/mol. The smallest absolute Gasteiger partial charge is 0.0297 e. The summed E-state index contributed by atoms with van der Waals surface area (Å²) in [7, 11) is 0. The molecule has 0 bridgehead atoms. The van der Waals surface area contributed by atoms with Crippen LogP contribution in [0.5, 0.6) is 0 Å². The first kappa shape index (κ1) is 9.24. The van der Waals surface area contributed by atoms with Gasteiger partial charge in [-0.2, -0.15) is 0 Å². The molecule has 3 atom stereocenters. The minimum atomic E-state index is 0.794. The Balaban J connectivity index is 1.62. The molecule has 3 rings (SSSR count). The van der Waals surface area contributed by atoms with E-state index in [2.05, 4.69) is 13.8 Å². The van der Waals surface area contributed by atoms with Crippen LogP contribution < -0.4 is 0 Å². The molecule has 0 N–H and O–H groups in total. The third-order valence-electron chi connectivity index (χ3n) is 5.49. The maximum Gasteiger partial charge on any atom is -0.0297 e. The van der Waals surface area contributed by atoms with E-state index in [0.717, 1.165) is 29.1 Å². The van der Waals surface area contributed by atoms with Crippen molar-refractivity contribution in [2.24, 2.45) is 29.1 Å². The predicted octanol–water partition coefficient (Wildman–Crippen LogP) is 4.25. The molecule has 0 aromatic carbocycles. The van der Waals surface area contributed by atoms with Crippen LogP contribution in [0.3, 0.4) is 0 Å².